The Labute approximate surface area is 144 Å². The number of halogens is 1. The lowest BCUT2D eigenvalue weighted by atomic mass is 10.2. The van der Waals surface area contributed by atoms with E-state index >= 15 is 0 Å². The minimum atomic E-state index is -0.255. The summed E-state index contributed by atoms with van der Waals surface area (Å²) in [6.07, 6.45) is 0.117. The van der Waals surface area contributed by atoms with Crippen LogP contribution in [0.2, 0.25) is 0 Å². The van der Waals surface area contributed by atoms with E-state index in [9.17, 15) is 9.18 Å². The fourth-order valence-electron chi connectivity index (χ4n) is 2.30. The van der Waals surface area contributed by atoms with Gasteiger partial charge in [0.05, 0.1) is 6.54 Å². The first-order valence-corrected chi connectivity index (χ1v) is 8.73. The number of thioether (sulfide) groups is 1. The van der Waals surface area contributed by atoms with Crippen LogP contribution in [0.3, 0.4) is 0 Å². The van der Waals surface area contributed by atoms with Crippen molar-refractivity contribution in [2.75, 3.05) is 18.9 Å². The molecule has 0 bridgehead atoms. The highest BCUT2D eigenvalue weighted by molar-refractivity contribution is 7.99. The zero-order valence-electron chi connectivity index (χ0n) is 13.0. The maximum atomic E-state index is 13.5. The van der Waals surface area contributed by atoms with E-state index in [1.165, 1.54) is 17.8 Å². The summed E-state index contributed by atoms with van der Waals surface area (Å²) < 4.78 is 24.9. The average molecular weight is 347 g/mol. The highest BCUT2D eigenvalue weighted by Gasteiger charge is 2.20. The van der Waals surface area contributed by atoms with Gasteiger partial charge >= 0.3 is 0 Å². The third kappa shape index (κ3) is 4.41. The van der Waals surface area contributed by atoms with E-state index in [-0.39, 0.29) is 17.8 Å². The van der Waals surface area contributed by atoms with Gasteiger partial charge in [-0.15, -0.1) is 11.8 Å². The number of fused-ring (bicyclic) bond motifs is 1. The van der Waals surface area contributed by atoms with Crippen molar-refractivity contribution in [3.63, 3.8) is 0 Å². The van der Waals surface area contributed by atoms with E-state index in [0.717, 1.165) is 5.75 Å². The van der Waals surface area contributed by atoms with Gasteiger partial charge in [0, 0.05) is 17.1 Å². The fourth-order valence-corrected chi connectivity index (χ4v) is 3.18. The monoisotopic (exact) mass is 347 g/mol. The van der Waals surface area contributed by atoms with E-state index in [4.69, 9.17) is 9.47 Å². The molecule has 1 aliphatic rings. The summed E-state index contributed by atoms with van der Waals surface area (Å²) >= 11 is 1.34. The number of amides is 1. The Balaban J connectivity index is 1.38. The van der Waals surface area contributed by atoms with Crippen molar-refractivity contribution < 1.29 is 18.7 Å². The second-order valence-corrected chi connectivity index (χ2v) is 6.47. The van der Waals surface area contributed by atoms with Crippen LogP contribution in [0.4, 0.5) is 4.39 Å². The van der Waals surface area contributed by atoms with Crippen LogP contribution in [-0.2, 0) is 4.79 Å². The predicted octanol–water partition coefficient (Wildman–Crippen LogP) is 3.26. The number of nitrogens with one attached hydrogen (secondary N) is 1. The molecule has 0 saturated heterocycles. The van der Waals surface area contributed by atoms with Crippen LogP contribution in [0.5, 0.6) is 11.5 Å². The van der Waals surface area contributed by atoms with Crippen molar-refractivity contribution in [2.24, 2.45) is 0 Å². The second-order valence-electron chi connectivity index (χ2n) is 5.33. The summed E-state index contributed by atoms with van der Waals surface area (Å²) in [5, 5.41) is 2.83. The third-order valence-electron chi connectivity index (χ3n) is 3.52. The lowest BCUT2D eigenvalue weighted by Crippen LogP contribution is -2.40. The summed E-state index contributed by atoms with van der Waals surface area (Å²) in [5.41, 5.74) is 0. The fraction of sp³-hybridized carbons (Fsp3) is 0.278. The van der Waals surface area contributed by atoms with Gasteiger partial charge < -0.3 is 14.8 Å². The summed E-state index contributed by atoms with van der Waals surface area (Å²) in [6, 6.07) is 14.0. The number of hydrogen-bond acceptors (Lipinski definition) is 4. The van der Waals surface area contributed by atoms with Crippen LogP contribution >= 0.6 is 11.8 Å². The summed E-state index contributed by atoms with van der Waals surface area (Å²) in [4.78, 5) is 12.5. The average Bonchev–Trinajstić information content (AvgIpc) is 2.61. The molecule has 1 unspecified atom stereocenters. The van der Waals surface area contributed by atoms with E-state index in [2.05, 4.69) is 5.32 Å². The highest BCUT2D eigenvalue weighted by Crippen LogP contribution is 2.30. The molecule has 2 aromatic rings. The summed E-state index contributed by atoms with van der Waals surface area (Å²) in [7, 11) is 0. The van der Waals surface area contributed by atoms with Gasteiger partial charge in [-0.1, -0.05) is 24.3 Å². The third-order valence-corrected chi connectivity index (χ3v) is 4.57. The molecule has 1 amide bonds. The molecule has 1 N–H and O–H groups in total. The number of benzene rings is 2. The van der Waals surface area contributed by atoms with Gasteiger partial charge in [0.15, 0.2) is 11.5 Å². The van der Waals surface area contributed by atoms with Crippen LogP contribution in [0.1, 0.15) is 6.42 Å². The first kappa shape index (κ1) is 16.6. The minimum absolute atomic E-state index is 0.0821. The van der Waals surface area contributed by atoms with Gasteiger partial charge in [0.25, 0.3) is 0 Å². The Morgan fingerprint density at radius 1 is 1.17 bits per heavy atom. The molecule has 0 aromatic heterocycles. The highest BCUT2D eigenvalue weighted by atomic mass is 32.2. The van der Waals surface area contributed by atoms with E-state index in [1.54, 1.807) is 18.2 Å². The second kappa shape index (κ2) is 8.06. The van der Waals surface area contributed by atoms with Crippen LogP contribution in [-0.4, -0.2) is 30.9 Å². The lowest BCUT2D eigenvalue weighted by molar-refractivity contribution is -0.121. The molecule has 6 heteroatoms. The van der Waals surface area contributed by atoms with E-state index in [1.807, 2.05) is 24.3 Å². The molecule has 126 valence electrons. The van der Waals surface area contributed by atoms with Crippen LogP contribution in [0, 0.1) is 5.82 Å². The predicted molar refractivity (Wildman–Crippen MR) is 91.1 cm³/mol. The molecule has 0 aliphatic carbocycles. The Morgan fingerprint density at radius 2 is 1.92 bits per heavy atom. The molecule has 0 saturated carbocycles. The van der Waals surface area contributed by atoms with Crippen molar-refractivity contribution in [1.82, 2.24) is 5.32 Å². The van der Waals surface area contributed by atoms with Crippen molar-refractivity contribution in [1.29, 1.82) is 0 Å². The van der Waals surface area contributed by atoms with Crippen molar-refractivity contribution in [2.45, 2.75) is 17.4 Å². The molecule has 1 aliphatic heterocycles. The van der Waals surface area contributed by atoms with Crippen molar-refractivity contribution in [3.05, 3.63) is 54.3 Å². The Hall–Kier alpha value is -2.21. The lowest BCUT2D eigenvalue weighted by Gasteiger charge is -2.26. The van der Waals surface area contributed by atoms with Crippen LogP contribution in [0.25, 0.3) is 0 Å². The van der Waals surface area contributed by atoms with Crippen LogP contribution < -0.4 is 14.8 Å². The Kier molecular flexibility index (Phi) is 5.59. The normalized spacial score (nSPS) is 15.8. The number of rotatable bonds is 6. The van der Waals surface area contributed by atoms with Crippen LogP contribution in [0.15, 0.2) is 53.4 Å². The molecular formula is C18H18FNO3S. The maximum absolute atomic E-state index is 13.5. The molecule has 0 fully saturated rings. The molecule has 4 nitrogen and oxygen atoms in total. The Bertz CT molecular complexity index is 710. The first-order chi connectivity index (χ1) is 11.7. The SMILES string of the molecule is O=C(CCSc1ccccc1F)NCC1COc2ccccc2O1. The summed E-state index contributed by atoms with van der Waals surface area (Å²) in [5.74, 6) is 1.60. The first-order valence-electron chi connectivity index (χ1n) is 7.75. The molecular weight excluding hydrogens is 329 g/mol. The zero-order valence-corrected chi connectivity index (χ0v) is 13.9. The van der Waals surface area contributed by atoms with Gasteiger partial charge in [0.1, 0.15) is 18.5 Å². The zero-order chi connectivity index (χ0) is 16.8. The maximum Gasteiger partial charge on any atom is 0.220 e. The molecule has 0 radical (unpaired) electrons. The number of ether oxygens (including phenoxy) is 2. The van der Waals surface area contributed by atoms with Gasteiger partial charge in [-0.2, -0.15) is 0 Å². The number of hydrogen-bond donors (Lipinski definition) is 1. The van der Waals surface area contributed by atoms with Gasteiger partial charge in [-0.05, 0) is 24.3 Å². The minimum Gasteiger partial charge on any atom is -0.486 e. The molecule has 2 aromatic carbocycles. The number of para-hydroxylation sites is 2. The quantitative estimate of drug-likeness (QED) is 0.815. The van der Waals surface area contributed by atoms with E-state index in [0.29, 0.717) is 36.0 Å². The van der Waals surface area contributed by atoms with E-state index < -0.39 is 0 Å². The number of carbonyl (C=O) groups excluding carboxylic acids is 1. The standard InChI is InChI=1S/C18H18FNO3S/c19-14-5-1-4-8-17(14)24-10-9-18(21)20-11-13-12-22-15-6-2-3-7-16(15)23-13/h1-8,13H,9-12H2,(H,20,21). The molecule has 3 rings (SSSR count). The molecule has 0 spiro atoms. The topological polar surface area (TPSA) is 47.6 Å². The van der Waals surface area contributed by atoms with Crippen molar-refractivity contribution >= 4 is 17.7 Å². The smallest absolute Gasteiger partial charge is 0.220 e. The number of carbonyl (C=O) groups is 1. The largest absolute Gasteiger partial charge is 0.486 e. The summed E-state index contributed by atoms with van der Waals surface area (Å²) in [6.45, 7) is 0.790. The molecule has 24 heavy (non-hydrogen) atoms. The molecule has 1 atom stereocenters. The van der Waals surface area contributed by atoms with Gasteiger partial charge in [-0.3, -0.25) is 4.79 Å². The Morgan fingerprint density at radius 3 is 2.75 bits per heavy atom. The van der Waals surface area contributed by atoms with Gasteiger partial charge in [0.2, 0.25) is 5.91 Å². The molecule has 1 heterocycles. The van der Waals surface area contributed by atoms with Gasteiger partial charge in [-0.25, -0.2) is 4.39 Å². The van der Waals surface area contributed by atoms with Crippen molar-refractivity contribution in [3.8, 4) is 11.5 Å².